The molecule has 1 saturated heterocycles. The zero-order chi connectivity index (χ0) is 11.5. The van der Waals surface area contributed by atoms with E-state index in [4.69, 9.17) is 11.1 Å². The second-order valence-electron chi connectivity index (χ2n) is 3.77. The number of rotatable bonds is 2. The Labute approximate surface area is 99.0 Å². The molecule has 1 aliphatic rings. The predicted octanol–water partition coefficient (Wildman–Crippen LogP) is 0.702. The summed E-state index contributed by atoms with van der Waals surface area (Å²) in [5.74, 6) is 2.86. The van der Waals surface area contributed by atoms with Crippen molar-refractivity contribution in [2.45, 2.75) is 13.0 Å². The number of nitrogens with zero attached hydrogens (tertiary/aromatic N) is 3. The van der Waals surface area contributed by atoms with Crippen molar-refractivity contribution < 1.29 is 0 Å². The fourth-order valence-electron chi connectivity index (χ4n) is 1.66. The van der Waals surface area contributed by atoms with E-state index >= 15 is 0 Å². The minimum atomic E-state index is -0.0114. The third kappa shape index (κ3) is 2.27. The Morgan fingerprint density at radius 2 is 2.50 bits per heavy atom. The van der Waals surface area contributed by atoms with Crippen LogP contribution in [-0.2, 0) is 0 Å². The number of nitrogens with two attached hydrogens (primary N) is 1. The topological polar surface area (TPSA) is 78.9 Å². The van der Waals surface area contributed by atoms with Crippen LogP contribution in [0.1, 0.15) is 12.6 Å². The van der Waals surface area contributed by atoms with Gasteiger partial charge in [-0.1, -0.05) is 0 Å². The first-order valence-electron chi connectivity index (χ1n) is 5.20. The second kappa shape index (κ2) is 4.69. The fourth-order valence-corrected chi connectivity index (χ4v) is 2.67. The van der Waals surface area contributed by atoms with Gasteiger partial charge in [0.25, 0.3) is 0 Å². The zero-order valence-electron chi connectivity index (χ0n) is 9.18. The Morgan fingerprint density at radius 3 is 3.19 bits per heavy atom. The minimum absolute atomic E-state index is 0.0114. The van der Waals surface area contributed by atoms with Crippen LogP contribution in [0.25, 0.3) is 0 Å². The van der Waals surface area contributed by atoms with Crippen LogP contribution in [0.5, 0.6) is 0 Å². The Hall–Kier alpha value is -1.30. The van der Waals surface area contributed by atoms with Gasteiger partial charge in [-0.2, -0.15) is 11.8 Å². The van der Waals surface area contributed by atoms with E-state index in [1.807, 2.05) is 11.8 Å². The predicted molar refractivity (Wildman–Crippen MR) is 67.2 cm³/mol. The van der Waals surface area contributed by atoms with Gasteiger partial charge < -0.3 is 10.6 Å². The van der Waals surface area contributed by atoms with E-state index in [0.717, 1.165) is 18.1 Å². The van der Waals surface area contributed by atoms with Crippen LogP contribution in [0.3, 0.4) is 0 Å². The molecule has 6 heteroatoms. The largest absolute Gasteiger partial charge is 0.382 e. The summed E-state index contributed by atoms with van der Waals surface area (Å²) in [5, 5.41) is 7.36. The van der Waals surface area contributed by atoms with Gasteiger partial charge in [0.05, 0.1) is 0 Å². The molecule has 2 rings (SSSR count). The summed E-state index contributed by atoms with van der Waals surface area (Å²) in [5.41, 5.74) is 5.91. The van der Waals surface area contributed by atoms with Crippen molar-refractivity contribution in [3.05, 3.63) is 18.0 Å². The number of amidine groups is 1. The molecule has 0 bridgehead atoms. The summed E-state index contributed by atoms with van der Waals surface area (Å²) in [4.78, 5) is 10.7. The summed E-state index contributed by atoms with van der Waals surface area (Å²) < 4.78 is 0. The molecule has 1 atom stereocenters. The van der Waals surface area contributed by atoms with E-state index in [0.29, 0.717) is 17.7 Å². The molecule has 86 valence electrons. The molecule has 5 nitrogen and oxygen atoms in total. The van der Waals surface area contributed by atoms with Gasteiger partial charge in [-0.15, -0.1) is 0 Å². The first kappa shape index (κ1) is 11.2. The molecule has 0 radical (unpaired) electrons. The Morgan fingerprint density at radius 1 is 1.69 bits per heavy atom. The number of nitrogens with one attached hydrogen (secondary N) is 1. The molecule has 16 heavy (non-hydrogen) atoms. The number of aromatic nitrogens is 2. The highest BCUT2D eigenvalue weighted by Crippen LogP contribution is 2.20. The van der Waals surface area contributed by atoms with Crippen LogP contribution in [0.15, 0.2) is 12.3 Å². The molecular weight excluding hydrogens is 222 g/mol. The maximum Gasteiger partial charge on any atom is 0.226 e. The number of anilines is 1. The average Bonchev–Trinajstić information content (AvgIpc) is 2.30. The Kier molecular flexibility index (Phi) is 3.28. The highest BCUT2D eigenvalue weighted by atomic mass is 32.2. The summed E-state index contributed by atoms with van der Waals surface area (Å²) in [6.07, 6.45) is 1.66. The highest BCUT2D eigenvalue weighted by Gasteiger charge is 2.21. The second-order valence-corrected chi connectivity index (χ2v) is 4.92. The van der Waals surface area contributed by atoms with Crippen molar-refractivity contribution >= 4 is 23.5 Å². The summed E-state index contributed by atoms with van der Waals surface area (Å²) in [7, 11) is 0. The van der Waals surface area contributed by atoms with Gasteiger partial charge >= 0.3 is 0 Å². The van der Waals surface area contributed by atoms with E-state index in [1.165, 1.54) is 0 Å². The van der Waals surface area contributed by atoms with Gasteiger partial charge in [-0.25, -0.2) is 9.97 Å². The average molecular weight is 237 g/mol. The van der Waals surface area contributed by atoms with Gasteiger partial charge in [-0.3, -0.25) is 5.41 Å². The lowest BCUT2D eigenvalue weighted by atomic mass is 10.3. The number of thioether (sulfide) groups is 1. The van der Waals surface area contributed by atoms with Crippen molar-refractivity contribution in [1.82, 2.24) is 9.97 Å². The molecule has 2 heterocycles. The molecule has 0 aliphatic carbocycles. The highest BCUT2D eigenvalue weighted by molar-refractivity contribution is 7.99. The Bertz CT molecular complexity index is 395. The van der Waals surface area contributed by atoms with Crippen molar-refractivity contribution in [2.24, 2.45) is 5.73 Å². The van der Waals surface area contributed by atoms with Gasteiger partial charge in [0.15, 0.2) is 0 Å². The quantitative estimate of drug-likeness (QED) is 0.585. The molecule has 0 aromatic carbocycles. The number of hydrogen-bond acceptors (Lipinski definition) is 5. The lowest BCUT2D eigenvalue weighted by Crippen LogP contribution is -2.41. The van der Waals surface area contributed by atoms with Crippen LogP contribution in [0, 0.1) is 5.41 Å². The van der Waals surface area contributed by atoms with Gasteiger partial charge in [0, 0.05) is 30.3 Å². The van der Waals surface area contributed by atoms with Crippen molar-refractivity contribution in [3.63, 3.8) is 0 Å². The zero-order valence-corrected chi connectivity index (χ0v) is 10.00. The van der Waals surface area contributed by atoms with Crippen LogP contribution in [0.4, 0.5) is 5.95 Å². The maximum atomic E-state index is 7.36. The SMILES string of the molecule is CC1CSCCN1c1nccc(C(=N)N)n1. The molecule has 1 aliphatic heterocycles. The summed E-state index contributed by atoms with van der Waals surface area (Å²) >= 11 is 1.95. The number of nitrogen functional groups attached to an aromatic ring is 1. The fraction of sp³-hybridized carbons (Fsp3) is 0.500. The molecule has 1 aromatic rings. The van der Waals surface area contributed by atoms with E-state index in [-0.39, 0.29) is 5.84 Å². The van der Waals surface area contributed by atoms with Crippen molar-refractivity contribution in [3.8, 4) is 0 Å². The monoisotopic (exact) mass is 237 g/mol. The first-order chi connectivity index (χ1) is 7.68. The molecule has 0 saturated carbocycles. The molecular formula is C10H15N5S. The molecule has 0 spiro atoms. The lowest BCUT2D eigenvalue weighted by Gasteiger charge is -2.33. The standard InChI is InChI=1S/C10H15N5S/c1-7-6-16-5-4-15(7)10-13-3-2-8(14-10)9(11)12/h2-3,7H,4-6H2,1H3,(H3,11,12). The van der Waals surface area contributed by atoms with Crippen LogP contribution in [-0.4, -0.2) is 39.9 Å². The third-order valence-corrected chi connectivity index (χ3v) is 3.73. The first-order valence-corrected chi connectivity index (χ1v) is 6.36. The van der Waals surface area contributed by atoms with Crippen LogP contribution in [0.2, 0.25) is 0 Å². The number of hydrogen-bond donors (Lipinski definition) is 2. The Balaban J connectivity index is 2.25. The molecule has 1 unspecified atom stereocenters. The van der Waals surface area contributed by atoms with Crippen LogP contribution >= 0.6 is 11.8 Å². The van der Waals surface area contributed by atoms with Gasteiger partial charge in [-0.05, 0) is 13.0 Å². The minimum Gasteiger partial charge on any atom is -0.382 e. The van der Waals surface area contributed by atoms with E-state index in [9.17, 15) is 0 Å². The molecule has 3 N–H and O–H groups in total. The lowest BCUT2D eigenvalue weighted by molar-refractivity contribution is 0.677. The molecule has 1 fully saturated rings. The van der Waals surface area contributed by atoms with E-state index in [1.54, 1.807) is 12.3 Å². The maximum absolute atomic E-state index is 7.36. The molecule has 0 amide bonds. The smallest absolute Gasteiger partial charge is 0.226 e. The van der Waals surface area contributed by atoms with Gasteiger partial charge in [0.2, 0.25) is 5.95 Å². The van der Waals surface area contributed by atoms with Crippen molar-refractivity contribution in [2.75, 3.05) is 23.0 Å². The van der Waals surface area contributed by atoms with E-state index in [2.05, 4.69) is 21.8 Å². The third-order valence-electron chi connectivity index (χ3n) is 2.54. The molecule has 1 aromatic heterocycles. The summed E-state index contributed by atoms with van der Waals surface area (Å²) in [6.45, 7) is 3.11. The van der Waals surface area contributed by atoms with Gasteiger partial charge in [0.1, 0.15) is 11.5 Å². The van der Waals surface area contributed by atoms with Crippen LogP contribution < -0.4 is 10.6 Å². The van der Waals surface area contributed by atoms with Crippen molar-refractivity contribution in [1.29, 1.82) is 5.41 Å². The summed E-state index contributed by atoms with van der Waals surface area (Å²) in [6, 6.07) is 2.09. The normalized spacial score (nSPS) is 20.8. The van der Waals surface area contributed by atoms with E-state index < -0.39 is 0 Å².